The second-order valence-corrected chi connectivity index (χ2v) is 6.80. The predicted molar refractivity (Wildman–Crippen MR) is 102 cm³/mol. The van der Waals surface area contributed by atoms with Crippen LogP contribution >= 0.6 is 0 Å². The number of benzene rings is 2. The minimum Gasteiger partial charge on any atom is -0.496 e. The van der Waals surface area contributed by atoms with Gasteiger partial charge in [-0.3, -0.25) is 14.9 Å². The molecule has 27 heavy (non-hydrogen) atoms. The van der Waals surface area contributed by atoms with Gasteiger partial charge < -0.3 is 9.47 Å². The molecule has 142 valence electrons. The second kappa shape index (κ2) is 8.20. The van der Waals surface area contributed by atoms with E-state index in [4.69, 9.17) is 9.47 Å². The largest absolute Gasteiger partial charge is 0.496 e. The lowest BCUT2D eigenvalue weighted by molar-refractivity contribution is -0.385. The van der Waals surface area contributed by atoms with Crippen LogP contribution in [0.1, 0.15) is 47.5 Å². The Morgan fingerprint density at radius 1 is 1.00 bits per heavy atom. The van der Waals surface area contributed by atoms with Crippen LogP contribution in [0.2, 0.25) is 0 Å². The first-order valence-electron chi connectivity index (χ1n) is 9.04. The van der Waals surface area contributed by atoms with Gasteiger partial charge >= 0.3 is 5.69 Å². The fraction of sp³-hybridized carbons (Fsp3) is 0.381. The Morgan fingerprint density at radius 3 is 2.30 bits per heavy atom. The fourth-order valence-corrected chi connectivity index (χ4v) is 3.89. The summed E-state index contributed by atoms with van der Waals surface area (Å²) in [6.45, 7) is 0. The van der Waals surface area contributed by atoms with Gasteiger partial charge in [0.05, 0.1) is 19.1 Å². The summed E-state index contributed by atoms with van der Waals surface area (Å²) in [4.78, 5) is 23.5. The van der Waals surface area contributed by atoms with E-state index in [9.17, 15) is 14.9 Å². The van der Waals surface area contributed by atoms with Gasteiger partial charge in [-0.2, -0.15) is 0 Å². The van der Waals surface area contributed by atoms with Gasteiger partial charge in [0.25, 0.3) is 0 Å². The molecule has 1 aliphatic carbocycles. The summed E-state index contributed by atoms with van der Waals surface area (Å²) < 4.78 is 10.5. The van der Waals surface area contributed by atoms with E-state index in [1.165, 1.54) is 24.8 Å². The van der Waals surface area contributed by atoms with Crippen LogP contribution < -0.4 is 9.47 Å². The number of Topliss-reactive ketones (excluding diaryl/α,β-unsaturated/α-hetero) is 1. The zero-order chi connectivity index (χ0) is 19.4. The highest BCUT2D eigenvalue weighted by Gasteiger charge is 2.30. The third-order valence-electron chi connectivity index (χ3n) is 5.34. The first kappa shape index (κ1) is 18.9. The van der Waals surface area contributed by atoms with Crippen LogP contribution in [0.25, 0.3) is 0 Å². The molecular formula is C21H23NO5. The molecule has 0 N–H and O–H groups in total. The molecule has 0 radical (unpaired) electrons. The van der Waals surface area contributed by atoms with E-state index in [1.54, 1.807) is 13.2 Å². The van der Waals surface area contributed by atoms with E-state index >= 15 is 0 Å². The zero-order valence-corrected chi connectivity index (χ0v) is 15.5. The minimum absolute atomic E-state index is 0.0285. The first-order valence-corrected chi connectivity index (χ1v) is 9.04. The van der Waals surface area contributed by atoms with Gasteiger partial charge in [-0.05, 0) is 55.4 Å². The quantitative estimate of drug-likeness (QED) is 0.416. The van der Waals surface area contributed by atoms with Gasteiger partial charge in [-0.25, -0.2) is 0 Å². The summed E-state index contributed by atoms with van der Waals surface area (Å²) in [5.41, 5.74) is 1.39. The second-order valence-electron chi connectivity index (χ2n) is 6.80. The van der Waals surface area contributed by atoms with Crippen LogP contribution in [0.15, 0.2) is 42.5 Å². The number of hydrogen-bond acceptors (Lipinski definition) is 5. The van der Waals surface area contributed by atoms with E-state index in [0.717, 1.165) is 31.4 Å². The van der Waals surface area contributed by atoms with E-state index < -0.39 is 4.92 Å². The number of carbonyl (C=O) groups is 1. The molecule has 1 saturated carbocycles. The van der Waals surface area contributed by atoms with E-state index in [-0.39, 0.29) is 23.1 Å². The van der Waals surface area contributed by atoms with Crippen LogP contribution in [0.3, 0.4) is 0 Å². The number of ketones is 1. The molecule has 3 rings (SSSR count). The molecular weight excluding hydrogens is 346 g/mol. The number of nitro benzene ring substituents is 1. The van der Waals surface area contributed by atoms with E-state index in [0.29, 0.717) is 11.5 Å². The van der Waals surface area contributed by atoms with Crippen LogP contribution in [0, 0.1) is 16.0 Å². The highest BCUT2D eigenvalue weighted by atomic mass is 16.6. The summed E-state index contributed by atoms with van der Waals surface area (Å²) in [5, 5.41) is 11.2. The lowest BCUT2D eigenvalue weighted by atomic mass is 9.76. The Bertz CT molecular complexity index is 840. The van der Waals surface area contributed by atoms with Crippen LogP contribution in [-0.2, 0) is 0 Å². The summed E-state index contributed by atoms with van der Waals surface area (Å²) in [6.07, 6.45) is 3.33. The molecule has 6 nitrogen and oxygen atoms in total. The maximum Gasteiger partial charge on any atom is 0.311 e. The Kier molecular flexibility index (Phi) is 5.74. The molecule has 2 aromatic carbocycles. The van der Waals surface area contributed by atoms with Crippen molar-refractivity contribution in [3.8, 4) is 11.5 Å². The van der Waals surface area contributed by atoms with Crippen molar-refractivity contribution < 1.29 is 19.2 Å². The van der Waals surface area contributed by atoms with Gasteiger partial charge in [0.15, 0.2) is 11.5 Å². The van der Waals surface area contributed by atoms with E-state index in [1.807, 2.05) is 18.2 Å². The van der Waals surface area contributed by atoms with Crippen molar-refractivity contribution in [1.29, 1.82) is 0 Å². The van der Waals surface area contributed by atoms with Crippen LogP contribution in [0.4, 0.5) is 5.69 Å². The zero-order valence-electron chi connectivity index (χ0n) is 15.5. The average Bonchev–Trinajstić information content (AvgIpc) is 2.72. The van der Waals surface area contributed by atoms with Crippen LogP contribution in [-0.4, -0.2) is 24.9 Å². The number of para-hydroxylation sites is 1. The summed E-state index contributed by atoms with van der Waals surface area (Å²) >= 11 is 0. The number of rotatable bonds is 6. The molecule has 0 aromatic heterocycles. The first-order chi connectivity index (χ1) is 13.0. The van der Waals surface area contributed by atoms with Crippen LogP contribution in [0.5, 0.6) is 11.5 Å². The van der Waals surface area contributed by atoms with Gasteiger partial charge in [0.2, 0.25) is 0 Å². The number of nitro groups is 1. The molecule has 0 aliphatic heterocycles. The van der Waals surface area contributed by atoms with Crippen molar-refractivity contribution in [1.82, 2.24) is 0 Å². The topological polar surface area (TPSA) is 78.7 Å². The van der Waals surface area contributed by atoms with E-state index in [2.05, 4.69) is 6.07 Å². The van der Waals surface area contributed by atoms with Crippen molar-refractivity contribution in [2.75, 3.05) is 14.2 Å². The number of hydrogen-bond donors (Lipinski definition) is 0. The van der Waals surface area contributed by atoms with Gasteiger partial charge in [-0.15, -0.1) is 0 Å². The van der Waals surface area contributed by atoms with Gasteiger partial charge in [0, 0.05) is 17.5 Å². The average molecular weight is 369 g/mol. The predicted octanol–water partition coefficient (Wildman–Crippen LogP) is 4.77. The number of nitrogens with zero attached hydrogens (tertiary/aromatic N) is 1. The van der Waals surface area contributed by atoms with Crippen molar-refractivity contribution >= 4 is 11.5 Å². The maximum absolute atomic E-state index is 12.9. The molecule has 0 atom stereocenters. The third kappa shape index (κ3) is 3.94. The van der Waals surface area contributed by atoms with Crippen molar-refractivity contribution in [3.63, 3.8) is 0 Å². The lowest BCUT2D eigenvalue weighted by Crippen LogP contribution is -2.21. The SMILES string of the molecule is COc1ccccc1C1CCC(C(=O)c2ccc(OC)c([N+](=O)[O-])c2)CC1. The molecule has 2 aromatic rings. The van der Waals surface area contributed by atoms with Crippen molar-refractivity contribution in [3.05, 3.63) is 63.7 Å². The maximum atomic E-state index is 12.9. The standard InChI is InChI=1S/C21H23NO5/c1-26-19-6-4-3-5-17(19)14-7-9-15(10-8-14)21(23)16-11-12-20(27-2)18(13-16)22(24)25/h3-6,11-15H,7-10H2,1-2H3. The normalized spacial score (nSPS) is 19.3. The number of methoxy groups -OCH3 is 2. The fourth-order valence-electron chi connectivity index (χ4n) is 3.89. The Hall–Kier alpha value is -2.89. The minimum atomic E-state index is -0.520. The summed E-state index contributed by atoms with van der Waals surface area (Å²) in [5.74, 6) is 1.29. The number of ether oxygens (including phenoxy) is 2. The van der Waals surface area contributed by atoms with Crippen molar-refractivity contribution in [2.45, 2.75) is 31.6 Å². The lowest BCUT2D eigenvalue weighted by Gasteiger charge is -2.28. The molecule has 0 unspecified atom stereocenters. The molecule has 0 spiro atoms. The van der Waals surface area contributed by atoms with Gasteiger partial charge in [-0.1, -0.05) is 18.2 Å². The molecule has 0 heterocycles. The number of carbonyl (C=O) groups excluding carboxylic acids is 1. The smallest absolute Gasteiger partial charge is 0.311 e. The monoisotopic (exact) mass is 369 g/mol. The molecule has 1 aliphatic rings. The Balaban J connectivity index is 1.72. The third-order valence-corrected chi connectivity index (χ3v) is 5.34. The Labute approximate surface area is 158 Å². The molecule has 0 amide bonds. The van der Waals surface area contributed by atoms with Crippen molar-refractivity contribution in [2.24, 2.45) is 5.92 Å². The molecule has 0 bridgehead atoms. The highest BCUT2D eigenvalue weighted by Crippen LogP contribution is 2.40. The molecule has 0 saturated heterocycles. The Morgan fingerprint density at radius 2 is 1.67 bits per heavy atom. The molecule has 1 fully saturated rings. The highest BCUT2D eigenvalue weighted by molar-refractivity contribution is 5.98. The van der Waals surface area contributed by atoms with Gasteiger partial charge in [0.1, 0.15) is 5.75 Å². The summed E-state index contributed by atoms with van der Waals surface area (Å²) in [6, 6.07) is 12.4. The molecule has 6 heteroatoms. The summed E-state index contributed by atoms with van der Waals surface area (Å²) in [7, 11) is 3.05.